The molecule has 5 N–H and O–H groups in total. The number of para-hydroxylation sites is 1. The summed E-state index contributed by atoms with van der Waals surface area (Å²) in [6.07, 6.45) is 0. The highest BCUT2D eigenvalue weighted by atomic mass is 16.3. The van der Waals surface area contributed by atoms with Crippen LogP contribution >= 0.6 is 0 Å². The van der Waals surface area contributed by atoms with Crippen LogP contribution < -0.4 is 16.9 Å². The predicted octanol–water partition coefficient (Wildman–Crippen LogP) is -0.375. The fraction of sp³-hybridized carbons (Fsp3) is 0. The third kappa shape index (κ3) is 3.00. The minimum Gasteiger partial charge on any atom is -0.508 e. The van der Waals surface area contributed by atoms with Crippen LogP contribution in [-0.2, 0) is 0 Å². The van der Waals surface area contributed by atoms with Gasteiger partial charge in [-0.2, -0.15) is 0 Å². The lowest BCUT2D eigenvalue weighted by Crippen LogP contribution is -2.21. The van der Waals surface area contributed by atoms with E-state index in [1.807, 2.05) is 11.1 Å². The van der Waals surface area contributed by atoms with Crippen molar-refractivity contribution in [2.45, 2.75) is 0 Å². The molecule has 0 radical (unpaired) electrons. The van der Waals surface area contributed by atoms with Gasteiger partial charge in [-0.15, -0.1) is 0 Å². The standard InChI is InChI=1S/C6H6O.C5H4N4O3/c7-6-4-2-1-3-5-6;10-3-1-2(7-4(11)6-1)8-5(12)9-3/h1-5,7H;(H4,6,7,8,9,10,11,12). The highest BCUT2D eigenvalue weighted by molar-refractivity contribution is 5.67. The molecule has 3 aromatic rings. The molecule has 0 unspecified atom stereocenters. The van der Waals surface area contributed by atoms with Crippen LogP contribution in [-0.4, -0.2) is 25.0 Å². The first-order valence-electron chi connectivity index (χ1n) is 5.25. The summed E-state index contributed by atoms with van der Waals surface area (Å²) in [4.78, 5) is 41.0. The van der Waals surface area contributed by atoms with Crippen LogP contribution in [0.15, 0.2) is 44.7 Å². The number of nitrogens with one attached hydrogen (secondary N) is 4. The molecular formula is C11H10N4O4. The third-order valence-electron chi connectivity index (χ3n) is 2.18. The van der Waals surface area contributed by atoms with Crippen molar-refractivity contribution < 1.29 is 5.11 Å². The number of imidazole rings is 1. The van der Waals surface area contributed by atoms with Crippen molar-refractivity contribution in [2.75, 3.05) is 0 Å². The summed E-state index contributed by atoms with van der Waals surface area (Å²) in [7, 11) is 0. The van der Waals surface area contributed by atoms with E-state index in [1.165, 1.54) is 0 Å². The van der Waals surface area contributed by atoms with E-state index < -0.39 is 16.9 Å². The van der Waals surface area contributed by atoms with Crippen LogP contribution in [0.3, 0.4) is 0 Å². The molecule has 0 saturated carbocycles. The zero-order chi connectivity index (χ0) is 13.8. The Labute approximate surface area is 104 Å². The quantitative estimate of drug-likeness (QED) is 0.377. The number of hydrogen-bond donors (Lipinski definition) is 5. The molecule has 0 spiro atoms. The summed E-state index contributed by atoms with van der Waals surface area (Å²) in [6, 6.07) is 8.71. The average Bonchev–Trinajstić information content (AvgIpc) is 2.72. The minimum atomic E-state index is -0.650. The molecule has 1 aromatic carbocycles. The minimum absolute atomic E-state index is 0.0413. The number of aromatic hydroxyl groups is 1. The molecule has 0 saturated heterocycles. The van der Waals surface area contributed by atoms with Crippen molar-refractivity contribution in [3.8, 4) is 5.75 Å². The summed E-state index contributed by atoms with van der Waals surface area (Å²) >= 11 is 0. The molecule has 8 heteroatoms. The second-order valence-corrected chi connectivity index (χ2v) is 3.57. The number of phenolic OH excluding ortho intramolecular Hbond substituents is 1. The molecule has 0 fully saturated rings. The molecule has 0 amide bonds. The Kier molecular flexibility index (Phi) is 3.33. The monoisotopic (exact) mass is 262 g/mol. The van der Waals surface area contributed by atoms with E-state index in [-0.39, 0.29) is 11.2 Å². The van der Waals surface area contributed by atoms with E-state index in [1.54, 1.807) is 24.3 Å². The van der Waals surface area contributed by atoms with Gasteiger partial charge in [0.2, 0.25) is 0 Å². The SMILES string of the molecule is O=c1[nH]c(=O)c2[nH]c(=O)[nH]c2[nH]1.Oc1ccccc1. The second kappa shape index (κ2) is 5.08. The number of rotatable bonds is 0. The topological polar surface area (TPSA) is 135 Å². The van der Waals surface area contributed by atoms with E-state index in [2.05, 4.69) is 15.0 Å². The van der Waals surface area contributed by atoms with Crippen molar-refractivity contribution in [3.63, 3.8) is 0 Å². The van der Waals surface area contributed by atoms with Crippen molar-refractivity contribution in [1.82, 2.24) is 19.9 Å². The zero-order valence-corrected chi connectivity index (χ0v) is 9.56. The predicted molar refractivity (Wildman–Crippen MR) is 68.3 cm³/mol. The Balaban J connectivity index is 0.000000163. The van der Waals surface area contributed by atoms with Gasteiger partial charge < -0.3 is 5.11 Å². The van der Waals surface area contributed by atoms with Gasteiger partial charge in [0.15, 0.2) is 0 Å². The third-order valence-corrected chi connectivity index (χ3v) is 2.18. The number of aromatic nitrogens is 4. The first kappa shape index (κ1) is 12.4. The fourth-order valence-corrected chi connectivity index (χ4v) is 1.39. The van der Waals surface area contributed by atoms with Crippen LogP contribution in [0, 0.1) is 0 Å². The average molecular weight is 262 g/mol. The smallest absolute Gasteiger partial charge is 0.327 e. The lowest BCUT2D eigenvalue weighted by molar-refractivity contribution is 0.475. The van der Waals surface area contributed by atoms with Crippen molar-refractivity contribution in [1.29, 1.82) is 0 Å². The van der Waals surface area contributed by atoms with Gasteiger partial charge in [-0.25, -0.2) is 9.59 Å². The molecule has 2 aromatic heterocycles. The largest absolute Gasteiger partial charge is 0.508 e. The number of H-pyrrole nitrogens is 4. The van der Waals surface area contributed by atoms with Gasteiger partial charge >= 0.3 is 11.4 Å². The van der Waals surface area contributed by atoms with Crippen molar-refractivity contribution >= 4 is 11.2 Å². The summed E-state index contributed by atoms with van der Waals surface area (Å²) < 4.78 is 0. The molecule has 0 aliphatic rings. The van der Waals surface area contributed by atoms with E-state index in [9.17, 15) is 14.4 Å². The van der Waals surface area contributed by atoms with Crippen LogP contribution in [0.1, 0.15) is 0 Å². The highest BCUT2D eigenvalue weighted by Gasteiger charge is 2.02. The Hall–Kier alpha value is -3.03. The Morgan fingerprint density at radius 2 is 1.37 bits per heavy atom. The van der Waals surface area contributed by atoms with Gasteiger partial charge in [0.1, 0.15) is 16.9 Å². The molecule has 98 valence electrons. The molecule has 19 heavy (non-hydrogen) atoms. The summed E-state index contributed by atoms with van der Waals surface area (Å²) in [5, 5.41) is 8.63. The zero-order valence-electron chi connectivity index (χ0n) is 9.56. The molecule has 0 aliphatic carbocycles. The Bertz CT molecular complexity index is 840. The van der Waals surface area contributed by atoms with Gasteiger partial charge in [-0.1, -0.05) is 18.2 Å². The van der Waals surface area contributed by atoms with Crippen LogP contribution in [0.25, 0.3) is 11.2 Å². The maximum atomic E-state index is 10.9. The van der Waals surface area contributed by atoms with E-state index in [0.717, 1.165) is 0 Å². The number of hydrogen-bond acceptors (Lipinski definition) is 4. The van der Waals surface area contributed by atoms with Gasteiger partial charge in [0.05, 0.1) is 0 Å². The molecule has 0 aliphatic heterocycles. The number of fused-ring (bicyclic) bond motifs is 1. The summed E-state index contributed by atoms with van der Waals surface area (Å²) in [5.41, 5.74) is -1.65. The summed E-state index contributed by atoms with van der Waals surface area (Å²) in [6.45, 7) is 0. The lowest BCUT2D eigenvalue weighted by atomic mass is 10.3. The van der Waals surface area contributed by atoms with Gasteiger partial charge in [-0.3, -0.25) is 24.7 Å². The van der Waals surface area contributed by atoms with Crippen molar-refractivity contribution in [3.05, 3.63) is 61.7 Å². The Morgan fingerprint density at radius 3 is 1.89 bits per heavy atom. The number of benzene rings is 1. The normalized spacial score (nSPS) is 9.89. The molecule has 0 bridgehead atoms. The maximum absolute atomic E-state index is 10.9. The fourth-order valence-electron chi connectivity index (χ4n) is 1.39. The molecule has 0 atom stereocenters. The van der Waals surface area contributed by atoms with Crippen LogP contribution in [0.4, 0.5) is 0 Å². The Morgan fingerprint density at radius 1 is 0.789 bits per heavy atom. The van der Waals surface area contributed by atoms with Gasteiger partial charge in [0, 0.05) is 0 Å². The molecule has 3 rings (SSSR count). The maximum Gasteiger partial charge on any atom is 0.327 e. The summed E-state index contributed by atoms with van der Waals surface area (Å²) in [5.74, 6) is 0.322. The van der Waals surface area contributed by atoms with Gasteiger partial charge in [-0.05, 0) is 12.1 Å². The highest BCUT2D eigenvalue weighted by Crippen LogP contribution is 2.02. The first-order chi connectivity index (χ1) is 9.06. The number of phenols is 1. The molecular weight excluding hydrogens is 252 g/mol. The van der Waals surface area contributed by atoms with E-state index >= 15 is 0 Å². The van der Waals surface area contributed by atoms with Gasteiger partial charge in [0.25, 0.3) is 5.56 Å². The number of aromatic amines is 4. The second-order valence-electron chi connectivity index (χ2n) is 3.57. The van der Waals surface area contributed by atoms with Crippen molar-refractivity contribution in [2.24, 2.45) is 0 Å². The van der Waals surface area contributed by atoms with E-state index in [0.29, 0.717) is 5.75 Å². The lowest BCUT2D eigenvalue weighted by Gasteiger charge is -1.83. The van der Waals surface area contributed by atoms with Crippen LogP contribution in [0.5, 0.6) is 5.75 Å². The molecule has 8 nitrogen and oxygen atoms in total. The molecule has 2 heterocycles. The van der Waals surface area contributed by atoms with E-state index in [4.69, 9.17) is 5.11 Å². The van der Waals surface area contributed by atoms with Crippen LogP contribution in [0.2, 0.25) is 0 Å². The first-order valence-corrected chi connectivity index (χ1v) is 5.25.